The lowest BCUT2D eigenvalue weighted by Crippen LogP contribution is -2.54. The van der Waals surface area contributed by atoms with Crippen LogP contribution >= 0.6 is 0 Å². The van der Waals surface area contributed by atoms with Gasteiger partial charge in [-0.2, -0.15) is 5.26 Å². The van der Waals surface area contributed by atoms with Crippen LogP contribution in [0.2, 0.25) is 0 Å². The first-order chi connectivity index (χ1) is 14.2. The van der Waals surface area contributed by atoms with Crippen molar-refractivity contribution in [2.45, 2.75) is 45.8 Å². The number of nitrogens with zero attached hydrogens (tertiary/aromatic N) is 3. The predicted octanol–water partition coefficient (Wildman–Crippen LogP) is 2.56. The molecule has 1 saturated heterocycles. The number of carbonyl (C=O) groups excluding carboxylic acids is 1. The number of piperidine rings is 1. The Morgan fingerprint density at radius 2 is 1.87 bits per heavy atom. The Bertz CT molecular complexity index is 751. The Hall–Kier alpha value is -1.94. The SMILES string of the molecule is CN(CC(=O)C(C)(C)C)C1C2CCC1CN(CC(O)COc1ccc(C#N)cc1)C2. The molecule has 1 saturated carbocycles. The van der Waals surface area contributed by atoms with Gasteiger partial charge in [0.05, 0.1) is 18.2 Å². The van der Waals surface area contributed by atoms with E-state index in [-0.39, 0.29) is 12.0 Å². The van der Waals surface area contributed by atoms with Gasteiger partial charge in [0.2, 0.25) is 0 Å². The Morgan fingerprint density at radius 1 is 1.27 bits per heavy atom. The van der Waals surface area contributed by atoms with Crippen LogP contribution in [0.1, 0.15) is 39.2 Å². The predicted molar refractivity (Wildman–Crippen MR) is 116 cm³/mol. The number of aliphatic hydroxyl groups excluding tert-OH is 1. The summed E-state index contributed by atoms with van der Waals surface area (Å²) in [6.07, 6.45) is 1.83. The molecule has 1 N–H and O–H groups in total. The normalized spacial score (nSPS) is 25.2. The molecule has 0 aromatic heterocycles. The molecule has 1 heterocycles. The van der Waals surface area contributed by atoms with E-state index in [0.717, 1.165) is 13.1 Å². The van der Waals surface area contributed by atoms with Crippen molar-refractivity contribution in [2.24, 2.45) is 17.3 Å². The second kappa shape index (κ2) is 9.47. The molecule has 2 bridgehead atoms. The van der Waals surface area contributed by atoms with Crippen molar-refractivity contribution >= 4 is 5.78 Å². The number of likely N-dealkylation sites (N-methyl/N-ethyl adjacent to an activating group) is 1. The van der Waals surface area contributed by atoms with Crippen LogP contribution in [0.5, 0.6) is 5.75 Å². The third kappa shape index (κ3) is 5.60. The number of likely N-dealkylation sites (tertiary alicyclic amines) is 1. The zero-order valence-electron chi connectivity index (χ0n) is 18.7. The van der Waals surface area contributed by atoms with Crippen molar-refractivity contribution in [2.75, 3.05) is 39.8 Å². The number of fused-ring (bicyclic) bond motifs is 2. The molecule has 164 valence electrons. The number of benzene rings is 1. The highest BCUT2D eigenvalue weighted by atomic mass is 16.5. The molecule has 1 aliphatic heterocycles. The summed E-state index contributed by atoms with van der Waals surface area (Å²) in [5, 5.41) is 19.3. The first kappa shape index (κ1) is 22.7. The van der Waals surface area contributed by atoms with Gasteiger partial charge in [0, 0.05) is 31.1 Å². The first-order valence-electron chi connectivity index (χ1n) is 10.9. The standard InChI is InChI=1S/C24H35N3O3/c1-24(2,3)22(29)15-26(4)23-18-7-8-19(23)13-27(12-18)14-20(28)16-30-21-9-5-17(11-25)6-10-21/h5-6,9-10,18-20,23,28H,7-8,12-16H2,1-4H3. The Morgan fingerprint density at radius 3 is 2.40 bits per heavy atom. The fourth-order valence-electron chi connectivity index (χ4n) is 4.90. The van der Waals surface area contributed by atoms with Crippen LogP contribution in [0, 0.1) is 28.6 Å². The van der Waals surface area contributed by atoms with Gasteiger partial charge < -0.3 is 9.84 Å². The summed E-state index contributed by atoms with van der Waals surface area (Å²) < 4.78 is 5.68. The van der Waals surface area contributed by atoms with E-state index < -0.39 is 6.10 Å². The average molecular weight is 414 g/mol. The second-order valence-corrected chi connectivity index (χ2v) is 10.00. The molecule has 30 heavy (non-hydrogen) atoms. The molecule has 3 rings (SSSR count). The quantitative estimate of drug-likeness (QED) is 0.706. The summed E-state index contributed by atoms with van der Waals surface area (Å²) in [5.41, 5.74) is 0.294. The number of aliphatic hydroxyl groups is 1. The highest BCUT2D eigenvalue weighted by Crippen LogP contribution is 2.39. The van der Waals surface area contributed by atoms with Crippen LogP contribution in [-0.4, -0.2) is 72.7 Å². The van der Waals surface area contributed by atoms with Gasteiger partial charge in [0.1, 0.15) is 18.5 Å². The number of ether oxygens (including phenoxy) is 1. The van der Waals surface area contributed by atoms with Gasteiger partial charge in [-0.1, -0.05) is 20.8 Å². The van der Waals surface area contributed by atoms with E-state index in [1.165, 1.54) is 12.8 Å². The third-order valence-electron chi connectivity index (χ3n) is 6.49. The van der Waals surface area contributed by atoms with E-state index in [0.29, 0.717) is 48.1 Å². The van der Waals surface area contributed by atoms with Gasteiger partial charge in [-0.15, -0.1) is 0 Å². The lowest BCUT2D eigenvalue weighted by atomic mass is 9.87. The summed E-state index contributed by atoms with van der Waals surface area (Å²) in [6.45, 7) is 9.24. The van der Waals surface area contributed by atoms with Crippen molar-refractivity contribution in [3.05, 3.63) is 29.8 Å². The molecule has 6 nitrogen and oxygen atoms in total. The van der Waals surface area contributed by atoms with Crippen molar-refractivity contribution in [3.8, 4) is 11.8 Å². The van der Waals surface area contributed by atoms with Gasteiger partial charge >= 0.3 is 0 Å². The number of carbonyl (C=O) groups is 1. The van der Waals surface area contributed by atoms with Gasteiger partial charge in [0.15, 0.2) is 5.78 Å². The van der Waals surface area contributed by atoms with E-state index in [1.54, 1.807) is 24.3 Å². The van der Waals surface area contributed by atoms with E-state index in [1.807, 2.05) is 20.8 Å². The van der Waals surface area contributed by atoms with E-state index in [2.05, 4.69) is 22.9 Å². The Labute approximate surface area is 180 Å². The fraction of sp³-hybridized carbons (Fsp3) is 0.667. The molecular weight excluding hydrogens is 378 g/mol. The maximum Gasteiger partial charge on any atom is 0.152 e. The topological polar surface area (TPSA) is 76.8 Å². The van der Waals surface area contributed by atoms with Crippen molar-refractivity contribution in [3.63, 3.8) is 0 Å². The summed E-state index contributed by atoms with van der Waals surface area (Å²) in [7, 11) is 2.09. The van der Waals surface area contributed by atoms with Gasteiger partial charge in [0.25, 0.3) is 0 Å². The number of Topliss-reactive ketones (excluding diaryl/α,β-unsaturated/α-hetero) is 1. The molecule has 6 heteroatoms. The highest BCUT2D eigenvalue weighted by molar-refractivity contribution is 5.85. The highest BCUT2D eigenvalue weighted by Gasteiger charge is 2.44. The second-order valence-electron chi connectivity index (χ2n) is 10.00. The van der Waals surface area contributed by atoms with Crippen LogP contribution in [-0.2, 0) is 4.79 Å². The summed E-state index contributed by atoms with van der Waals surface area (Å²) in [5.74, 6) is 2.06. The lowest BCUT2D eigenvalue weighted by molar-refractivity contribution is -0.128. The van der Waals surface area contributed by atoms with Crippen molar-refractivity contribution in [1.29, 1.82) is 5.26 Å². The number of hydrogen-bond donors (Lipinski definition) is 1. The number of rotatable bonds is 8. The number of ketones is 1. The minimum Gasteiger partial charge on any atom is -0.491 e. The monoisotopic (exact) mass is 413 g/mol. The maximum absolute atomic E-state index is 12.5. The number of nitriles is 1. The molecule has 3 unspecified atom stereocenters. The van der Waals surface area contributed by atoms with Gasteiger partial charge in [-0.05, 0) is 56.0 Å². The van der Waals surface area contributed by atoms with Crippen molar-refractivity contribution in [1.82, 2.24) is 9.80 Å². The van der Waals surface area contributed by atoms with E-state index in [4.69, 9.17) is 10.00 Å². The van der Waals surface area contributed by atoms with Crippen LogP contribution in [0.15, 0.2) is 24.3 Å². The number of hydrogen-bond acceptors (Lipinski definition) is 6. The Kier molecular flexibility index (Phi) is 7.18. The molecule has 0 radical (unpaired) electrons. The van der Waals surface area contributed by atoms with E-state index in [9.17, 15) is 9.90 Å². The smallest absolute Gasteiger partial charge is 0.152 e. The van der Waals surface area contributed by atoms with Gasteiger partial charge in [-0.3, -0.25) is 14.6 Å². The van der Waals surface area contributed by atoms with Gasteiger partial charge in [-0.25, -0.2) is 0 Å². The fourth-order valence-corrected chi connectivity index (χ4v) is 4.90. The van der Waals surface area contributed by atoms with Crippen molar-refractivity contribution < 1.29 is 14.6 Å². The summed E-state index contributed by atoms with van der Waals surface area (Å²) in [6, 6.07) is 9.48. The molecule has 1 aromatic carbocycles. The molecule has 2 fully saturated rings. The number of β-amino-alcohol motifs (C(OH)–C–C–N with tert-alkyl or cyclic N) is 1. The van der Waals surface area contributed by atoms with Crippen LogP contribution < -0.4 is 4.74 Å². The first-order valence-corrected chi connectivity index (χ1v) is 10.9. The molecule has 0 spiro atoms. The van der Waals surface area contributed by atoms with Crippen LogP contribution in [0.3, 0.4) is 0 Å². The molecule has 1 aliphatic carbocycles. The lowest BCUT2D eigenvalue weighted by Gasteiger charge is -2.43. The summed E-state index contributed by atoms with van der Waals surface area (Å²) >= 11 is 0. The molecule has 0 amide bonds. The zero-order chi connectivity index (χ0) is 21.9. The largest absolute Gasteiger partial charge is 0.491 e. The Balaban J connectivity index is 1.47. The minimum atomic E-state index is -0.559. The maximum atomic E-state index is 12.5. The molecule has 3 atom stereocenters. The van der Waals surface area contributed by atoms with E-state index >= 15 is 0 Å². The minimum absolute atomic E-state index is 0.237. The third-order valence-corrected chi connectivity index (χ3v) is 6.49. The van der Waals surface area contributed by atoms with Crippen LogP contribution in [0.25, 0.3) is 0 Å². The van der Waals surface area contributed by atoms with Crippen LogP contribution in [0.4, 0.5) is 0 Å². The molecule has 1 aromatic rings. The zero-order valence-corrected chi connectivity index (χ0v) is 18.7. The molecular formula is C24H35N3O3. The summed E-state index contributed by atoms with van der Waals surface area (Å²) in [4.78, 5) is 17.1. The average Bonchev–Trinajstić information content (AvgIpc) is 2.97. The molecule has 2 aliphatic rings.